The maximum Gasteiger partial charge on any atom is 0.259 e. The van der Waals surface area contributed by atoms with Crippen LogP contribution in [0.2, 0.25) is 0 Å². The molecule has 0 spiro atoms. The van der Waals surface area contributed by atoms with Gasteiger partial charge in [-0.2, -0.15) is 0 Å². The van der Waals surface area contributed by atoms with Crippen LogP contribution in [0.1, 0.15) is 47.1 Å². The lowest BCUT2D eigenvalue weighted by molar-refractivity contribution is 0.0313. The van der Waals surface area contributed by atoms with E-state index in [4.69, 9.17) is 4.74 Å². The molecule has 2 amide bonds. The Morgan fingerprint density at radius 2 is 2.06 bits per heavy atom. The van der Waals surface area contributed by atoms with Crippen molar-refractivity contribution in [2.75, 3.05) is 26.7 Å². The quantitative estimate of drug-likeness (QED) is 0.636. The largest absolute Gasteiger partial charge is 0.472 e. The zero-order valence-electron chi connectivity index (χ0n) is 19.8. The molecule has 2 aromatic heterocycles. The Bertz CT molecular complexity index is 1080. The molecule has 4 atom stereocenters. The molecule has 0 aliphatic carbocycles. The summed E-state index contributed by atoms with van der Waals surface area (Å²) in [5, 5.41) is 19.2. The van der Waals surface area contributed by atoms with Crippen LogP contribution in [-0.2, 0) is 0 Å². The highest BCUT2D eigenvalue weighted by Gasteiger charge is 2.34. The van der Waals surface area contributed by atoms with Crippen LogP contribution in [0.4, 0.5) is 0 Å². The van der Waals surface area contributed by atoms with Crippen molar-refractivity contribution in [3.05, 3.63) is 53.5 Å². The second kappa shape index (κ2) is 11.1. The van der Waals surface area contributed by atoms with Crippen LogP contribution in [0, 0.1) is 17.8 Å². The monoisotopic (exact) mass is 466 g/mol. The van der Waals surface area contributed by atoms with Crippen LogP contribution < -0.4 is 4.74 Å². The lowest BCUT2D eigenvalue weighted by atomic mass is 9.99. The Hall–Kier alpha value is -3.48. The van der Waals surface area contributed by atoms with Gasteiger partial charge < -0.3 is 24.7 Å². The van der Waals surface area contributed by atoms with Gasteiger partial charge in [0, 0.05) is 49.2 Å². The molecule has 3 rings (SSSR count). The Labute approximate surface area is 199 Å². The number of fused-ring (bicyclic) bond motifs is 1. The van der Waals surface area contributed by atoms with Gasteiger partial charge in [-0.15, -0.1) is 0 Å². The number of aliphatic hydroxyl groups is 2. The van der Waals surface area contributed by atoms with E-state index in [2.05, 4.69) is 21.8 Å². The number of rotatable bonds is 5. The molecular formula is C25H30N4O5. The molecule has 0 saturated carbocycles. The maximum atomic E-state index is 13.4. The molecule has 1 aliphatic heterocycles. The zero-order valence-corrected chi connectivity index (χ0v) is 19.8. The van der Waals surface area contributed by atoms with Crippen LogP contribution in [0.15, 0.2) is 36.8 Å². The molecule has 34 heavy (non-hydrogen) atoms. The van der Waals surface area contributed by atoms with Crippen molar-refractivity contribution in [2.24, 2.45) is 5.92 Å². The summed E-state index contributed by atoms with van der Waals surface area (Å²) in [7, 11) is 1.69. The molecule has 3 heterocycles. The third-order valence-corrected chi connectivity index (χ3v) is 5.67. The summed E-state index contributed by atoms with van der Waals surface area (Å²) in [5.74, 6) is 4.93. The van der Waals surface area contributed by atoms with Crippen molar-refractivity contribution in [2.45, 2.75) is 39.0 Å². The van der Waals surface area contributed by atoms with Gasteiger partial charge in [0.25, 0.3) is 11.8 Å². The molecule has 180 valence electrons. The minimum Gasteiger partial charge on any atom is -0.472 e. The topological polar surface area (TPSA) is 116 Å². The molecule has 2 aromatic rings. The minimum atomic E-state index is -0.821. The predicted molar refractivity (Wildman–Crippen MR) is 125 cm³/mol. The summed E-state index contributed by atoms with van der Waals surface area (Å²) < 4.78 is 6.19. The second-order valence-electron chi connectivity index (χ2n) is 8.57. The van der Waals surface area contributed by atoms with Crippen molar-refractivity contribution in [3.8, 4) is 17.7 Å². The number of amides is 2. The molecular weight excluding hydrogens is 436 g/mol. The maximum absolute atomic E-state index is 13.4. The summed E-state index contributed by atoms with van der Waals surface area (Å²) in [6, 6.07) is 4.45. The average Bonchev–Trinajstić information content (AvgIpc) is 2.84. The lowest BCUT2D eigenvalue weighted by Gasteiger charge is -2.37. The number of pyridine rings is 2. The first kappa shape index (κ1) is 25.1. The van der Waals surface area contributed by atoms with Gasteiger partial charge in [0.2, 0.25) is 5.88 Å². The van der Waals surface area contributed by atoms with Gasteiger partial charge in [0.05, 0.1) is 19.2 Å². The Morgan fingerprint density at radius 3 is 2.71 bits per heavy atom. The molecule has 0 unspecified atom stereocenters. The van der Waals surface area contributed by atoms with E-state index < -0.39 is 18.2 Å². The van der Waals surface area contributed by atoms with E-state index in [1.165, 1.54) is 6.20 Å². The molecule has 0 saturated heterocycles. The average molecular weight is 467 g/mol. The van der Waals surface area contributed by atoms with Gasteiger partial charge in [-0.05, 0) is 32.0 Å². The second-order valence-corrected chi connectivity index (χ2v) is 8.57. The van der Waals surface area contributed by atoms with Crippen LogP contribution in [0.25, 0.3) is 0 Å². The van der Waals surface area contributed by atoms with E-state index in [1.807, 2.05) is 6.92 Å². The first-order chi connectivity index (χ1) is 16.2. The van der Waals surface area contributed by atoms with E-state index in [0.717, 1.165) is 0 Å². The number of carbonyl (C=O) groups is 2. The van der Waals surface area contributed by atoms with Gasteiger partial charge in [0.1, 0.15) is 17.8 Å². The van der Waals surface area contributed by atoms with Crippen LogP contribution in [0.3, 0.4) is 0 Å². The standard InChI is InChI=1S/C25H30N4O5/c1-16-13-29(17(2)15-30)25(33)21-11-19(6-5-18(3)31)12-27-23(21)34-22(16)14-28(4)24(32)20-7-9-26-10-8-20/h7-12,16-18,22,30-31H,13-15H2,1-4H3/t16-,17-,18-,22-/m1/s1. The van der Waals surface area contributed by atoms with Crippen molar-refractivity contribution in [1.82, 2.24) is 19.8 Å². The van der Waals surface area contributed by atoms with Crippen molar-refractivity contribution in [3.63, 3.8) is 0 Å². The number of hydrogen-bond donors (Lipinski definition) is 2. The molecule has 0 bridgehead atoms. The number of carbonyl (C=O) groups excluding carboxylic acids is 2. The Kier molecular flexibility index (Phi) is 8.21. The first-order valence-corrected chi connectivity index (χ1v) is 11.1. The number of hydrogen-bond acceptors (Lipinski definition) is 7. The summed E-state index contributed by atoms with van der Waals surface area (Å²) >= 11 is 0. The molecule has 0 fully saturated rings. The normalized spacial score (nSPS) is 19.5. The van der Waals surface area contributed by atoms with E-state index in [9.17, 15) is 19.8 Å². The molecule has 2 N–H and O–H groups in total. The Balaban J connectivity index is 1.95. The highest BCUT2D eigenvalue weighted by Crippen LogP contribution is 2.27. The SMILES string of the molecule is C[C@@H]1CN([C@H](C)CO)C(=O)c2cc(C#C[C@@H](C)O)cnc2O[C@@H]1CN(C)C(=O)c1ccncc1. The molecule has 0 radical (unpaired) electrons. The van der Waals surface area contributed by atoms with E-state index in [1.54, 1.807) is 61.3 Å². The number of likely N-dealkylation sites (N-methyl/N-ethyl adjacent to an activating group) is 1. The van der Waals surface area contributed by atoms with Gasteiger partial charge in [-0.1, -0.05) is 18.8 Å². The fourth-order valence-electron chi connectivity index (χ4n) is 3.64. The van der Waals surface area contributed by atoms with Crippen molar-refractivity contribution < 1.29 is 24.5 Å². The van der Waals surface area contributed by atoms with Crippen molar-refractivity contribution >= 4 is 11.8 Å². The van der Waals surface area contributed by atoms with Crippen LogP contribution in [-0.4, -0.2) is 86.8 Å². The van der Waals surface area contributed by atoms with E-state index in [-0.39, 0.29) is 42.3 Å². The third-order valence-electron chi connectivity index (χ3n) is 5.67. The van der Waals surface area contributed by atoms with Gasteiger partial charge in [-0.25, -0.2) is 4.98 Å². The summed E-state index contributed by atoms with van der Waals surface area (Å²) in [5.41, 5.74) is 1.20. The summed E-state index contributed by atoms with van der Waals surface area (Å²) in [6.45, 7) is 5.64. The zero-order chi connectivity index (χ0) is 24.8. The third kappa shape index (κ3) is 5.90. The van der Waals surface area contributed by atoms with Crippen molar-refractivity contribution in [1.29, 1.82) is 0 Å². The number of aromatic nitrogens is 2. The molecule has 1 aliphatic rings. The number of nitrogens with zero attached hydrogens (tertiary/aromatic N) is 4. The van der Waals surface area contributed by atoms with Crippen LogP contribution in [0.5, 0.6) is 5.88 Å². The highest BCUT2D eigenvalue weighted by molar-refractivity contribution is 5.97. The van der Waals surface area contributed by atoms with Crippen LogP contribution >= 0.6 is 0 Å². The van der Waals surface area contributed by atoms with Gasteiger partial charge >= 0.3 is 0 Å². The van der Waals surface area contributed by atoms with Gasteiger partial charge in [0.15, 0.2) is 0 Å². The molecule has 9 heteroatoms. The first-order valence-electron chi connectivity index (χ1n) is 11.1. The number of aliphatic hydroxyl groups excluding tert-OH is 2. The summed E-state index contributed by atoms with van der Waals surface area (Å²) in [4.78, 5) is 37.7. The molecule has 0 aromatic carbocycles. The van der Waals surface area contributed by atoms with E-state index >= 15 is 0 Å². The fourth-order valence-corrected chi connectivity index (χ4v) is 3.64. The smallest absolute Gasteiger partial charge is 0.259 e. The predicted octanol–water partition coefficient (Wildman–Crippen LogP) is 1.20. The molecule has 9 nitrogen and oxygen atoms in total. The van der Waals surface area contributed by atoms with Gasteiger partial charge in [-0.3, -0.25) is 14.6 Å². The fraction of sp³-hybridized carbons (Fsp3) is 0.440. The minimum absolute atomic E-state index is 0.143. The Morgan fingerprint density at radius 1 is 1.35 bits per heavy atom. The number of ether oxygens (including phenoxy) is 1. The van der Waals surface area contributed by atoms with E-state index in [0.29, 0.717) is 17.7 Å². The highest BCUT2D eigenvalue weighted by atomic mass is 16.5. The summed E-state index contributed by atoms with van der Waals surface area (Å²) in [6.07, 6.45) is 3.33. The lowest BCUT2D eigenvalue weighted by Crippen LogP contribution is -2.50.